The Hall–Kier alpha value is -2.37. The summed E-state index contributed by atoms with van der Waals surface area (Å²) in [4.78, 5) is 31.3. The van der Waals surface area contributed by atoms with Gasteiger partial charge in [0.05, 0.1) is 19.8 Å². The summed E-state index contributed by atoms with van der Waals surface area (Å²) in [6.07, 6.45) is 7.15. The van der Waals surface area contributed by atoms with Crippen LogP contribution in [-0.4, -0.2) is 37.7 Å². The van der Waals surface area contributed by atoms with Crippen LogP contribution in [0.4, 0.5) is 0 Å². The van der Waals surface area contributed by atoms with Crippen molar-refractivity contribution < 1.29 is 28.6 Å². The number of hydrogen-bond donors (Lipinski definition) is 0. The van der Waals surface area contributed by atoms with Crippen molar-refractivity contribution in [3.63, 3.8) is 0 Å². The number of hydrogen-bond acceptors (Lipinski definition) is 6. The molecule has 0 aliphatic carbocycles. The number of unbranched alkanes of at least 4 members (excludes halogenated alkanes) is 2. The van der Waals surface area contributed by atoms with Crippen molar-refractivity contribution in [2.24, 2.45) is 0 Å². The molecule has 0 spiro atoms. The molecule has 0 aliphatic heterocycles. The van der Waals surface area contributed by atoms with Gasteiger partial charge in [-0.05, 0) is 26.2 Å². The highest BCUT2D eigenvalue weighted by molar-refractivity contribution is 5.86. The summed E-state index contributed by atoms with van der Waals surface area (Å²) in [5.41, 5.74) is 0.469. The molecule has 0 heterocycles. The third-order valence-electron chi connectivity index (χ3n) is 2.60. The summed E-state index contributed by atoms with van der Waals surface area (Å²) in [5.74, 6) is -0.955. The Morgan fingerprint density at radius 2 is 1.15 bits per heavy atom. The van der Waals surface area contributed by atoms with Gasteiger partial charge in [-0.3, -0.25) is 0 Å². The highest BCUT2D eigenvalue weighted by atomic mass is 16.5. The molecule has 156 valence electrons. The van der Waals surface area contributed by atoms with E-state index in [1.807, 2.05) is 13.8 Å². The van der Waals surface area contributed by atoms with Crippen molar-refractivity contribution in [1.29, 1.82) is 0 Å². The number of ether oxygens (including phenoxy) is 3. The van der Waals surface area contributed by atoms with Crippen LogP contribution in [-0.2, 0) is 28.6 Å². The van der Waals surface area contributed by atoms with E-state index >= 15 is 0 Å². The molecule has 0 atom stereocenters. The van der Waals surface area contributed by atoms with E-state index in [0.717, 1.165) is 38.2 Å². The Balaban J connectivity index is -0.000000322. The maximum absolute atomic E-state index is 10.7. The van der Waals surface area contributed by atoms with Gasteiger partial charge in [0.1, 0.15) is 0 Å². The molecule has 0 aromatic carbocycles. The first-order chi connectivity index (χ1) is 12.8. The Morgan fingerprint density at radius 3 is 1.48 bits per heavy atom. The zero-order valence-corrected chi connectivity index (χ0v) is 17.4. The molecule has 0 saturated heterocycles. The van der Waals surface area contributed by atoms with Crippen LogP contribution >= 0.6 is 0 Å². The largest absolute Gasteiger partial charge is 0.463 e. The molecule has 0 amide bonds. The highest BCUT2D eigenvalue weighted by Crippen LogP contribution is 1.94. The van der Waals surface area contributed by atoms with Gasteiger partial charge >= 0.3 is 17.9 Å². The van der Waals surface area contributed by atoms with Gasteiger partial charge in [-0.15, -0.1) is 0 Å². The van der Waals surface area contributed by atoms with Gasteiger partial charge < -0.3 is 14.2 Å². The molecule has 0 bridgehead atoms. The van der Waals surface area contributed by atoms with Crippen LogP contribution in [0, 0.1) is 0 Å². The monoisotopic (exact) mass is 384 g/mol. The molecule has 6 heteroatoms. The second-order valence-corrected chi connectivity index (χ2v) is 5.37. The van der Waals surface area contributed by atoms with Gasteiger partial charge in [0.15, 0.2) is 0 Å². The van der Waals surface area contributed by atoms with Crippen LogP contribution in [0.1, 0.15) is 59.8 Å². The molecule has 0 rings (SSSR count). The van der Waals surface area contributed by atoms with E-state index in [4.69, 9.17) is 4.74 Å². The maximum Gasteiger partial charge on any atom is 0.333 e. The lowest BCUT2D eigenvalue weighted by atomic mass is 10.3. The van der Waals surface area contributed by atoms with Gasteiger partial charge in [0, 0.05) is 17.7 Å². The summed E-state index contributed by atoms with van der Waals surface area (Å²) in [6, 6.07) is 0. The fourth-order valence-electron chi connectivity index (χ4n) is 1.07. The van der Waals surface area contributed by atoms with E-state index in [2.05, 4.69) is 36.1 Å². The fourth-order valence-corrected chi connectivity index (χ4v) is 1.07. The minimum atomic E-state index is -0.341. The second kappa shape index (κ2) is 23.6. The van der Waals surface area contributed by atoms with E-state index < -0.39 is 0 Å². The molecular formula is C21H36O6. The molecule has 0 N–H and O–H groups in total. The highest BCUT2D eigenvalue weighted by Gasteiger charge is 2.00. The number of carbonyl (C=O) groups is 3. The molecule has 27 heavy (non-hydrogen) atoms. The Morgan fingerprint density at radius 1 is 0.741 bits per heavy atom. The van der Waals surface area contributed by atoms with E-state index in [0.29, 0.717) is 25.4 Å². The molecule has 0 fully saturated rings. The molecule has 0 unspecified atom stereocenters. The number of esters is 3. The summed E-state index contributed by atoms with van der Waals surface area (Å²) in [6.45, 7) is 19.2. The SMILES string of the molecule is C=C(C)C(=O)OCCCC.C=CC(=O)OCCC.C=CC(=O)OCCCC. The normalized spacial score (nSPS) is 8.59. The van der Waals surface area contributed by atoms with Crippen molar-refractivity contribution in [3.8, 4) is 0 Å². The zero-order chi connectivity index (χ0) is 21.5. The Labute approximate surface area is 164 Å². The Kier molecular flexibility index (Phi) is 25.7. The van der Waals surface area contributed by atoms with Crippen molar-refractivity contribution in [3.05, 3.63) is 37.5 Å². The topological polar surface area (TPSA) is 78.9 Å². The zero-order valence-electron chi connectivity index (χ0n) is 17.4. The van der Waals surface area contributed by atoms with Crippen molar-refractivity contribution in [2.75, 3.05) is 19.8 Å². The smallest absolute Gasteiger partial charge is 0.333 e. The molecule has 0 aromatic rings. The summed E-state index contributed by atoms with van der Waals surface area (Å²) in [5, 5.41) is 0. The summed E-state index contributed by atoms with van der Waals surface area (Å²) in [7, 11) is 0. The van der Waals surface area contributed by atoms with Gasteiger partial charge in [-0.2, -0.15) is 0 Å². The van der Waals surface area contributed by atoms with Crippen LogP contribution < -0.4 is 0 Å². The van der Waals surface area contributed by atoms with Crippen molar-refractivity contribution in [1.82, 2.24) is 0 Å². The van der Waals surface area contributed by atoms with Gasteiger partial charge in [-0.1, -0.05) is 53.3 Å². The van der Waals surface area contributed by atoms with Crippen molar-refractivity contribution >= 4 is 17.9 Å². The van der Waals surface area contributed by atoms with E-state index in [9.17, 15) is 14.4 Å². The predicted octanol–water partition coefficient (Wildman–Crippen LogP) is 4.55. The first-order valence-corrected chi connectivity index (χ1v) is 9.21. The van der Waals surface area contributed by atoms with Gasteiger partial charge in [0.2, 0.25) is 0 Å². The maximum atomic E-state index is 10.7. The van der Waals surface area contributed by atoms with Gasteiger partial charge in [0.25, 0.3) is 0 Å². The first kappa shape index (κ1) is 29.4. The number of carbonyl (C=O) groups excluding carboxylic acids is 3. The van der Waals surface area contributed by atoms with Gasteiger partial charge in [-0.25, -0.2) is 14.4 Å². The summed E-state index contributed by atoms with van der Waals surface area (Å²) < 4.78 is 14.1. The molecular weight excluding hydrogens is 348 g/mol. The lowest BCUT2D eigenvalue weighted by molar-refractivity contribution is -0.139. The third-order valence-corrected chi connectivity index (χ3v) is 2.60. The van der Waals surface area contributed by atoms with Crippen LogP contribution in [0.2, 0.25) is 0 Å². The van der Waals surface area contributed by atoms with Crippen LogP contribution in [0.15, 0.2) is 37.5 Å². The first-order valence-electron chi connectivity index (χ1n) is 9.21. The molecule has 0 aromatic heterocycles. The van der Waals surface area contributed by atoms with E-state index in [1.54, 1.807) is 6.92 Å². The Bertz CT molecular complexity index is 440. The number of rotatable bonds is 11. The fraction of sp³-hybridized carbons (Fsp3) is 0.571. The average molecular weight is 385 g/mol. The van der Waals surface area contributed by atoms with Crippen LogP contribution in [0.3, 0.4) is 0 Å². The van der Waals surface area contributed by atoms with Crippen molar-refractivity contribution in [2.45, 2.75) is 59.8 Å². The molecule has 0 radical (unpaired) electrons. The quantitative estimate of drug-likeness (QED) is 0.225. The van der Waals surface area contributed by atoms with E-state index in [-0.39, 0.29) is 17.9 Å². The third kappa shape index (κ3) is 28.7. The minimum absolute atomic E-state index is 0.284. The summed E-state index contributed by atoms with van der Waals surface area (Å²) >= 11 is 0. The lowest BCUT2D eigenvalue weighted by Crippen LogP contribution is -2.05. The minimum Gasteiger partial charge on any atom is -0.463 e. The average Bonchev–Trinajstić information content (AvgIpc) is 2.67. The second-order valence-electron chi connectivity index (χ2n) is 5.37. The molecule has 6 nitrogen and oxygen atoms in total. The lowest BCUT2D eigenvalue weighted by Gasteiger charge is -2.01. The van der Waals surface area contributed by atoms with Crippen LogP contribution in [0.25, 0.3) is 0 Å². The molecule has 0 saturated carbocycles. The molecule has 0 aliphatic rings. The standard InChI is InChI=1S/C8H14O2.C7H12O2.C6H10O2/c1-4-5-6-10-8(9)7(2)3;1-3-5-6-9-7(8)4-2;1-3-5-8-6(7)4-2/h2,4-6H2,1,3H3;4H,2-3,5-6H2,1H3;4H,2-3,5H2,1H3. The predicted molar refractivity (Wildman–Crippen MR) is 108 cm³/mol. The van der Waals surface area contributed by atoms with E-state index in [1.165, 1.54) is 6.08 Å². The van der Waals surface area contributed by atoms with Crippen LogP contribution in [0.5, 0.6) is 0 Å².